The van der Waals surface area contributed by atoms with Crippen LogP contribution < -0.4 is 0 Å². The fraction of sp³-hybridized carbons (Fsp3) is 0.526. The third-order valence-electron chi connectivity index (χ3n) is 4.68. The van der Waals surface area contributed by atoms with Gasteiger partial charge in [-0.05, 0) is 53.4 Å². The molecule has 0 unspecified atom stereocenters. The predicted molar refractivity (Wildman–Crippen MR) is 85.4 cm³/mol. The number of esters is 1. The second-order valence-electron chi connectivity index (χ2n) is 7.22. The van der Waals surface area contributed by atoms with Gasteiger partial charge in [0.25, 0.3) is 0 Å². The van der Waals surface area contributed by atoms with Crippen LogP contribution in [0.3, 0.4) is 0 Å². The number of ether oxygens (including phenoxy) is 1. The molecule has 0 saturated carbocycles. The van der Waals surface area contributed by atoms with Crippen LogP contribution in [0.1, 0.15) is 62.8 Å². The van der Waals surface area contributed by atoms with E-state index in [2.05, 4.69) is 63.3 Å². The molecule has 0 spiro atoms. The maximum absolute atomic E-state index is 11.2. The summed E-state index contributed by atoms with van der Waals surface area (Å²) in [6.07, 6.45) is 2.36. The summed E-state index contributed by atoms with van der Waals surface area (Å²) in [5.74, 6) is 4.99. The molecule has 2 rings (SSSR count). The van der Waals surface area contributed by atoms with Crippen molar-refractivity contribution < 1.29 is 9.53 Å². The van der Waals surface area contributed by atoms with Crippen molar-refractivity contribution in [3.8, 4) is 11.8 Å². The Labute approximate surface area is 127 Å². The standard InChI is InChI=1S/C19H24O2/c1-13-11-15-16(12-14(13)7-8-17(20)21-6)19(4,5)10-9-18(15,2)3/h11-12H,9-10H2,1-6H3. The molecule has 0 aliphatic heterocycles. The Bertz CT molecular complexity index is 640. The summed E-state index contributed by atoms with van der Waals surface area (Å²) in [7, 11) is 1.35. The lowest BCUT2D eigenvalue weighted by Crippen LogP contribution is -2.34. The van der Waals surface area contributed by atoms with Crippen LogP contribution in [0.4, 0.5) is 0 Å². The van der Waals surface area contributed by atoms with E-state index in [1.54, 1.807) is 0 Å². The van der Waals surface area contributed by atoms with Crippen LogP contribution in [0.25, 0.3) is 0 Å². The van der Waals surface area contributed by atoms with Gasteiger partial charge in [0.15, 0.2) is 0 Å². The summed E-state index contributed by atoms with van der Waals surface area (Å²) in [6.45, 7) is 11.2. The summed E-state index contributed by atoms with van der Waals surface area (Å²) in [5.41, 5.74) is 5.17. The molecule has 0 heterocycles. The average molecular weight is 284 g/mol. The number of carbonyl (C=O) groups is 1. The molecule has 21 heavy (non-hydrogen) atoms. The Morgan fingerprint density at radius 3 is 2.14 bits per heavy atom. The van der Waals surface area contributed by atoms with Gasteiger partial charge in [0.05, 0.1) is 7.11 Å². The van der Waals surface area contributed by atoms with Gasteiger partial charge in [0.1, 0.15) is 0 Å². The maximum Gasteiger partial charge on any atom is 0.384 e. The maximum atomic E-state index is 11.2. The van der Waals surface area contributed by atoms with E-state index in [9.17, 15) is 4.79 Å². The van der Waals surface area contributed by atoms with Crippen molar-refractivity contribution in [2.24, 2.45) is 0 Å². The Kier molecular flexibility index (Phi) is 3.89. The van der Waals surface area contributed by atoms with E-state index in [1.807, 2.05) is 0 Å². The lowest BCUT2D eigenvalue weighted by Gasteiger charge is -2.42. The molecule has 0 bridgehead atoms. The van der Waals surface area contributed by atoms with Gasteiger partial charge in [-0.15, -0.1) is 0 Å². The lowest BCUT2D eigenvalue weighted by atomic mass is 9.62. The monoisotopic (exact) mass is 284 g/mol. The Hall–Kier alpha value is -1.75. The molecular weight excluding hydrogens is 260 g/mol. The molecule has 112 valence electrons. The zero-order valence-corrected chi connectivity index (χ0v) is 13.9. The third-order valence-corrected chi connectivity index (χ3v) is 4.68. The van der Waals surface area contributed by atoms with Crippen molar-refractivity contribution >= 4 is 5.97 Å². The van der Waals surface area contributed by atoms with Crippen LogP contribution >= 0.6 is 0 Å². The minimum atomic E-state index is -0.494. The normalized spacial score (nSPS) is 18.2. The Morgan fingerprint density at radius 1 is 1.10 bits per heavy atom. The second kappa shape index (κ2) is 5.22. The highest BCUT2D eigenvalue weighted by atomic mass is 16.5. The smallest absolute Gasteiger partial charge is 0.384 e. The summed E-state index contributed by atoms with van der Waals surface area (Å²) in [5, 5.41) is 0. The number of hydrogen-bond donors (Lipinski definition) is 0. The highest BCUT2D eigenvalue weighted by molar-refractivity contribution is 5.89. The molecule has 1 aliphatic carbocycles. The number of rotatable bonds is 0. The van der Waals surface area contributed by atoms with Crippen molar-refractivity contribution in [3.05, 3.63) is 34.4 Å². The predicted octanol–water partition coefficient (Wildman–Crippen LogP) is 3.87. The number of methoxy groups -OCH3 is 1. The van der Waals surface area contributed by atoms with Gasteiger partial charge in [0, 0.05) is 11.5 Å². The third kappa shape index (κ3) is 2.97. The van der Waals surface area contributed by atoms with Crippen LogP contribution in [0, 0.1) is 18.8 Å². The molecule has 0 N–H and O–H groups in total. The summed E-state index contributed by atoms with van der Waals surface area (Å²) < 4.78 is 4.59. The topological polar surface area (TPSA) is 26.3 Å². The quantitative estimate of drug-likeness (QED) is 0.534. The van der Waals surface area contributed by atoms with Crippen molar-refractivity contribution in [1.29, 1.82) is 0 Å². The minimum Gasteiger partial charge on any atom is -0.459 e. The fourth-order valence-electron chi connectivity index (χ4n) is 3.03. The Balaban J connectivity index is 2.58. The molecule has 0 saturated heterocycles. The molecule has 0 amide bonds. The number of fused-ring (bicyclic) bond motifs is 1. The van der Waals surface area contributed by atoms with Gasteiger partial charge < -0.3 is 4.74 Å². The summed E-state index contributed by atoms with van der Waals surface area (Å²) >= 11 is 0. The van der Waals surface area contributed by atoms with Crippen molar-refractivity contribution in [1.82, 2.24) is 0 Å². The number of carbonyl (C=O) groups excluding carboxylic acids is 1. The first-order valence-electron chi connectivity index (χ1n) is 7.43. The first-order valence-corrected chi connectivity index (χ1v) is 7.43. The van der Waals surface area contributed by atoms with Gasteiger partial charge in [-0.2, -0.15) is 0 Å². The van der Waals surface area contributed by atoms with Crippen LogP contribution in [-0.4, -0.2) is 13.1 Å². The molecule has 2 heteroatoms. The summed E-state index contributed by atoms with van der Waals surface area (Å²) in [6, 6.07) is 4.42. The van der Waals surface area contributed by atoms with E-state index in [1.165, 1.54) is 31.1 Å². The molecule has 0 atom stereocenters. The van der Waals surface area contributed by atoms with E-state index >= 15 is 0 Å². The van der Waals surface area contributed by atoms with Gasteiger partial charge >= 0.3 is 5.97 Å². The number of hydrogen-bond acceptors (Lipinski definition) is 2. The van der Waals surface area contributed by atoms with Crippen LogP contribution in [0.2, 0.25) is 0 Å². The molecule has 0 aromatic heterocycles. The minimum absolute atomic E-state index is 0.153. The van der Waals surface area contributed by atoms with Crippen LogP contribution in [-0.2, 0) is 20.4 Å². The van der Waals surface area contributed by atoms with E-state index in [0.29, 0.717) is 0 Å². The number of benzene rings is 1. The van der Waals surface area contributed by atoms with E-state index in [-0.39, 0.29) is 10.8 Å². The van der Waals surface area contributed by atoms with Crippen molar-refractivity contribution in [2.45, 2.75) is 58.3 Å². The van der Waals surface area contributed by atoms with E-state index in [0.717, 1.165) is 11.1 Å². The first kappa shape index (κ1) is 15.6. The molecule has 1 aromatic rings. The van der Waals surface area contributed by atoms with Crippen molar-refractivity contribution in [2.75, 3.05) is 7.11 Å². The zero-order valence-electron chi connectivity index (χ0n) is 13.9. The molecular formula is C19H24O2. The van der Waals surface area contributed by atoms with E-state index < -0.39 is 5.97 Å². The van der Waals surface area contributed by atoms with Gasteiger partial charge in [-0.3, -0.25) is 0 Å². The SMILES string of the molecule is COC(=O)C#Cc1cc2c(cc1C)C(C)(C)CCC2(C)C. The molecule has 0 fully saturated rings. The highest BCUT2D eigenvalue weighted by Gasteiger charge is 2.37. The zero-order chi connectivity index (χ0) is 15.8. The largest absolute Gasteiger partial charge is 0.459 e. The second-order valence-corrected chi connectivity index (χ2v) is 7.22. The number of aryl methyl sites for hydroxylation is 1. The molecule has 1 aromatic carbocycles. The molecule has 1 aliphatic rings. The van der Waals surface area contributed by atoms with Gasteiger partial charge in [-0.1, -0.05) is 39.7 Å². The fourth-order valence-corrected chi connectivity index (χ4v) is 3.03. The van der Waals surface area contributed by atoms with Crippen molar-refractivity contribution in [3.63, 3.8) is 0 Å². The molecule has 2 nitrogen and oxygen atoms in total. The molecule has 0 radical (unpaired) electrons. The van der Waals surface area contributed by atoms with Gasteiger partial charge in [0.2, 0.25) is 0 Å². The highest BCUT2D eigenvalue weighted by Crippen LogP contribution is 2.46. The lowest BCUT2D eigenvalue weighted by molar-refractivity contribution is -0.133. The van der Waals surface area contributed by atoms with Crippen LogP contribution in [0.5, 0.6) is 0 Å². The van der Waals surface area contributed by atoms with E-state index in [4.69, 9.17) is 0 Å². The van der Waals surface area contributed by atoms with Gasteiger partial charge in [-0.25, -0.2) is 4.79 Å². The average Bonchev–Trinajstić information content (AvgIpc) is 2.42. The van der Waals surface area contributed by atoms with Crippen LogP contribution in [0.15, 0.2) is 12.1 Å². The Morgan fingerprint density at radius 2 is 1.62 bits per heavy atom. The summed E-state index contributed by atoms with van der Waals surface area (Å²) in [4.78, 5) is 11.2. The first-order chi connectivity index (χ1) is 9.67.